The maximum absolute atomic E-state index is 10.6. The molecular formula is C17H28N2O2. The molecule has 0 aromatic heterocycles. The number of nitrogens with one attached hydrogen (secondary N) is 1. The van der Waals surface area contributed by atoms with Gasteiger partial charge in [-0.3, -0.25) is 10.1 Å². The second kappa shape index (κ2) is 10.3. The lowest BCUT2D eigenvalue weighted by molar-refractivity contribution is -0.384. The molecule has 0 saturated heterocycles. The van der Waals surface area contributed by atoms with E-state index in [1.807, 2.05) is 19.2 Å². The van der Waals surface area contributed by atoms with Crippen LogP contribution >= 0.6 is 0 Å². The zero-order valence-corrected chi connectivity index (χ0v) is 13.3. The average Bonchev–Trinajstić information content (AvgIpc) is 2.50. The van der Waals surface area contributed by atoms with Gasteiger partial charge in [-0.2, -0.15) is 0 Å². The van der Waals surface area contributed by atoms with Crippen molar-refractivity contribution in [2.75, 3.05) is 7.05 Å². The van der Waals surface area contributed by atoms with Crippen LogP contribution in [0.3, 0.4) is 0 Å². The fraction of sp³-hybridized carbons (Fsp3) is 0.647. The Morgan fingerprint density at radius 3 is 2.29 bits per heavy atom. The standard InChI is InChI=1S/C17H28N2O2/c1-3-4-5-6-7-8-9-16(18-2)14-15-10-12-17(13-11-15)19(20)21/h10-13,16,18H,3-9,14H2,1-2H3. The zero-order valence-electron chi connectivity index (χ0n) is 13.3. The molecule has 0 aliphatic carbocycles. The van der Waals surface area contributed by atoms with E-state index in [1.54, 1.807) is 12.1 Å². The van der Waals surface area contributed by atoms with E-state index in [2.05, 4.69) is 12.2 Å². The van der Waals surface area contributed by atoms with Gasteiger partial charge in [-0.15, -0.1) is 0 Å². The van der Waals surface area contributed by atoms with Crippen LogP contribution in [0.4, 0.5) is 5.69 Å². The third-order valence-corrected chi connectivity index (χ3v) is 3.94. The Hall–Kier alpha value is -1.42. The average molecular weight is 292 g/mol. The summed E-state index contributed by atoms with van der Waals surface area (Å²) in [5.74, 6) is 0. The summed E-state index contributed by atoms with van der Waals surface area (Å²) in [6.45, 7) is 2.24. The van der Waals surface area contributed by atoms with Crippen LogP contribution < -0.4 is 5.32 Å². The number of rotatable bonds is 11. The van der Waals surface area contributed by atoms with Gasteiger partial charge in [-0.25, -0.2) is 0 Å². The van der Waals surface area contributed by atoms with Crippen LogP contribution in [-0.2, 0) is 6.42 Å². The Morgan fingerprint density at radius 2 is 1.71 bits per heavy atom. The highest BCUT2D eigenvalue weighted by Gasteiger charge is 2.09. The number of nitro benzene ring substituents is 1. The summed E-state index contributed by atoms with van der Waals surface area (Å²) in [5.41, 5.74) is 1.32. The first kappa shape index (κ1) is 17.6. The Bertz CT molecular complexity index is 404. The second-order valence-electron chi connectivity index (χ2n) is 5.67. The Labute approximate surface area is 128 Å². The van der Waals surface area contributed by atoms with Gasteiger partial charge in [0.05, 0.1) is 4.92 Å². The molecule has 1 atom stereocenters. The van der Waals surface area contributed by atoms with Gasteiger partial charge in [-0.1, -0.05) is 57.6 Å². The fourth-order valence-electron chi connectivity index (χ4n) is 2.56. The molecule has 1 rings (SSSR count). The zero-order chi connectivity index (χ0) is 15.5. The molecule has 1 aromatic rings. The van der Waals surface area contributed by atoms with Crippen LogP contribution in [0.5, 0.6) is 0 Å². The van der Waals surface area contributed by atoms with Gasteiger partial charge < -0.3 is 5.32 Å². The minimum Gasteiger partial charge on any atom is -0.317 e. The van der Waals surface area contributed by atoms with E-state index in [0.29, 0.717) is 6.04 Å². The van der Waals surface area contributed by atoms with Crippen LogP contribution in [0, 0.1) is 10.1 Å². The van der Waals surface area contributed by atoms with E-state index in [0.717, 1.165) is 12.0 Å². The molecule has 4 nitrogen and oxygen atoms in total. The van der Waals surface area contributed by atoms with Crippen molar-refractivity contribution in [3.8, 4) is 0 Å². The van der Waals surface area contributed by atoms with Gasteiger partial charge in [-0.05, 0) is 25.5 Å². The molecule has 0 amide bonds. The summed E-state index contributed by atoms with van der Waals surface area (Å²) in [6, 6.07) is 7.37. The molecule has 1 aromatic carbocycles. The number of nitrogens with zero attached hydrogens (tertiary/aromatic N) is 1. The van der Waals surface area contributed by atoms with Crippen molar-refractivity contribution in [3.63, 3.8) is 0 Å². The fourth-order valence-corrected chi connectivity index (χ4v) is 2.56. The number of unbranched alkanes of at least 4 members (excludes halogenated alkanes) is 5. The number of hydrogen-bond donors (Lipinski definition) is 1. The maximum Gasteiger partial charge on any atom is 0.269 e. The highest BCUT2D eigenvalue weighted by Crippen LogP contribution is 2.15. The summed E-state index contributed by atoms with van der Waals surface area (Å²) < 4.78 is 0. The number of non-ortho nitro benzene ring substituents is 1. The van der Waals surface area contributed by atoms with Gasteiger partial charge in [0, 0.05) is 18.2 Å². The molecule has 0 bridgehead atoms. The molecule has 0 aliphatic heterocycles. The third-order valence-electron chi connectivity index (χ3n) is 3.94. The normalized spacial score (nSPS) is 12.3. The maximum atomic E-state index is 10.6. The lowest BCUT2D eigenvalue weighted by atomic mass is 9.99. The molecule has 0 heterocycles. The molecular weight excluding hydrogens is 264 g/mol. The molecule has 4 heteroatoms. The Kier molecular flexibility index (Phi) is 8.67. The smallest absolute Gasteiger partial charge is 0.269 e. The van der Waals surface area contributed by atoms with Gasteiger partial charge in [0.2, 0.25) is 0 Å². The van der Waals surface area contributed by atoms with Crippen LogP contribution in [0.15, 0.2) is 24.3 Å². The Balaban J connectivity index is 2.31. The van der Waals surface area contributed by atoms with E-state index in [-0.39, 0.29) is 10.6 Å². The summed E-state index contributed by atoms with van der Waals surface area (Å²) in [7, 11) is 1.99. The van der Waals surface area contributed by atoms with E-state index in [4.69, 9.17) is 0 Å². The van der Waals surface area contributed by atoms with Gasteiger partial charge >= 0.3 is 0 Å². The minimum atomic E-state index is -0.352. The van der Waals surface area contributed by atoms with E-state index in [1.165, 1.54) is 44.9 Å². The van der Waals surface area contributed by atoms with Gasteiger partial charge in [0.1, 0.15) is 0 Å². The largest absolute Gasteiger partial charge is 0.317 e. The molecule has 118 valence electrons. The highest BCUT2D eigenvalue weighted by atomic mass is 16.6. The topological polar surface area (TPSA) is 55.2 Å². The molecule has 0 radical (unpaired) electrons. The molecule has 0 saturated carbocycles. The number of likely N-dealkylation sites (N-methyl/N-ethyl adjacent to an activating group) is 1. The molecule has 0 spiro atoms. The predicted molar refractivity (Wildman–Crippen MR) is 87.6 cm³/mol. The first-order valence-electron chi connectivity index (χ1n) is 8.08. The monoisotopic (exact) mass is 292 g/mol. The van der Waals surface area contributed by atoms with Gasteiger partial charge in [0.25, 0.3) is 5.69 Å². The van der Waals surface area contributed by atoms with E-state index < -0.39 is 0 Å². The highest BCUT2D eigenvalue weighted by molar-refractivity contribution is 5.33. The van der Waals surface area contributed by atoms with Crippen molar-refractivity contribution in [2.45, 2.75) is 64.3 Å². The number of benzene rings is 1. The van der Waals surface area contributed by atoms with Crippen molar-refractivity contribution < 1.29 is 4.92 Å². The van der Waals surface area contributed by atoms with Crippen molar-refractivity contribution >= 4 is 5.69 Å². The summed E-state index contributed by atoms with van der Waals surface area (Å²) in [5, 5.41) is 14.0. The van der Waals surface area contributed by atoms with Gasteiger partial charge in [0.15, 0.2) is 0 Å². The lowest BCUT2D eigenvalue weighted by Gasteiger charge is -2.16. The molecule has 0 fully saturated rings. The van der Waals surface area contributed by atoms with Crippen molar-refractivity contribution in [3.05, 3.63) is 39.9 Å². The number of hydrogen-bond acceptors (Lipinski definition) is 3. The first-order chi connectivity index (χ1) is 10.2. The van der Waals surface area contributed by atoms with Crippen LogP contribution in [0.2, 0.25) is 0 Å². The number of nitro groups is 1. The van der Waals surface area contributed by atoms with Crippen LogP contribution in [-0.4, -0.2) is 18.0 Å². The van der Waals surface area contributed by atoms with Crippen molar-refractivity contribution in [1.29, 1.82) is 0 Å². The molecule has 1 unspecified atom stereocenters. The van der Waals surface area contributed by atoms with Crippen molar-refractivity contribution in [1.82, 2.24) is 5.32 Å². The summed E-state index contributed by atoms with van der Waals surface area (Å²) >= 11 is 0. The molecule has 0 aliphatic rings. The van der Waals surface area contributed by atoms with Crippen molar-refractivity contribution in [2.24, 2.45) is 0 Å². The lowest BCUT2D eigenvalue weighted by Crippen LogP contribution is -2.27. The van der Waals surface area contributed by atoms with E-state index in [9.17, 15) is 10.1 Å². The summed E-state index contributed by atoms with van der Waals surface area (Å²) in [4.78, 5) is 10.3. The first-order valence-corrected chi connectivity index (χ1v) is 8.08. The van der Waals surface area contributed by atoms with Crippen LogP contribution in [0.25, 0.3) is 0 Å². The van der Waals surface area contributed by atoms with Crippen LogP contribution in [0.1, 0.15) is 57.4 Å². The quantitative estimate of drug-likeness (QED) is 0.372. The van der Waals surface area contributed by atoms with E-state index >= 15 is 0 Å². The third kappa shape index (κ3) is 7.23. The summed E-state index contributed by atoms with van der Waals surface area (Å²) in [6.07, 6.45) is 9.98. The second-order valence-corrected chi connectivity index (χ2v) is 5.67. The SMILES string of the molecule is CCCCCCCCC(Cc1ccc([N+](=O)[O-])cc1)NC. The predicted octanol–water partition coefficient (Wildman–Crippen LogP) is 4.48. The molecule has 21 heavy (non-hydrogen) atoms. The molecule has 1 N–H and O–H groups in total. The minimum absolute atomic E-state index is 0.163. The Morgan fingerprint density at radius 1 is 1.10 bits per heavy atom.